The molecular weight excluding hydrogens is 398 g/mol. The van der Waals surface area contributed by atoms with E-state index in [-0.39, 0.29) is 12.3 Å². The molecule has 2 aromatic rings. The molecule has 3 amide bonds. The first kappa shape index (κ1) is 22.3. The minimum atomic E-state index is -1.19. The van der Waals surface area contributed by atoms with Gasteiger partial charge in [-0.25, -0.2) is 9.59 Å². The van der Waals surface area contributed by atoms with Crippen LogP contribution >= 0.6 is 0 Å². The Labute approximate surface area is 181 Å². The highest BCUT2D eigenvalue weighted by atomic mass is 16.5. The van der Waals surface area contributed by atoms with Crippen LogP contribution in [0.5, 0.6) is 0 Å². The highest BCUT2D eigenvalue weighted by Gasteiger charge is 2.52. The Kier molecular flexibility index (Phi) is 6.29. The number of amides is 3. The molecule has 0 saturated carbocycles. The minimum Gasteiger partial charge on any atom is -0.462 e. The number of nitrogens with one attached hydrogen (secondary N) is 2. The summed E-state index contributed by atoms with van der Waals surface area (Å²) in [6.07, 6.45) is 1.08. The molecular formula is C23H27N3O5. The Morgan fingerprint density at radius 1 is 1.10 bits per heavy atom. The maximum absolute atomic E-state index is 13.4. The smallest absolute Gasteiger partial charge is 0.340 e. The predicted molar refractivity (Wildman–Crippen MR) is 114 cm³/mol. The van der Waals surface area contributed by atoms with Crippen molar-refractivity contribution in [2.24, 2.45) is 0 Å². The van der Waals surface area contributed by atoms with Gasteiger partial charge in [0.05, 0.1) is 24.4 Å². The average Bonchev–Trinajstić information content (AvgIpc) is 3.17. The van der Waals surface area contributed by atoms with Crippen molar-refractivity contribution in [3.05, 3.63) is 58.4 Å². The van der Waals surface area contributed by atoms with Gasteiger partial charge in [0.25, 0.3) is 5.91 Å². The van der Waals surface area contributed by atoms with Crippen molar-refractivity contribution in [2.75, 3.05) is 13.2 Å². The number of imide groups is 1. The van der Waals surface area contributed by atoms with E-state index in [0.29, 0.717) is 35.2 Å². The van der Waals surface area contributed by atoms with Crippen molar-refractivity contribution in [1.82, 2.24) is 15.2 Å². The van der Waals surface area contributed by atoms with Gasteiger partial charge in [0.15, 0.2) is 5.78 Å². The fourth-order valence-corrected chi connectivity index (χ4v) is 4.14. The topological polar surface area (TPSA) is 109 Å². The summed E-state index contributed by atoms with van der Waals surface area (Å²) in [6.45, 7) is 6.74. The summed E-state index contributed by atoms with van der Waals surface area (Å²) in [4.78, 5) is 55.1. The van der Waals surface area contributed by atoms with E-state index in [1.165, 1.54) is 0 Å². The molecule has 1 saturated heterocycles. The van der Waals surface area contributed by atoms with Crippen LogP contribution < -0.4 is 5.32 Å². The van der Waals surface area contributed by atoms with Crippen LogP contribution in [0.4, 0.5) is 4.79 Å². The number of aromatic nitrogens is 1. The lowest BCUT2D eigenvalue weighted by atomic mass is 9.85. The normalized spacial score (nSPS) is 18.3. The number of Topliss-reactive ketones (excluding diaryl/α,β-unsaturated/α-hetero) is 1. The van der Waals surface area contributed by atoms with Crippen molar-refractivity contribution in [1.29, 1.82) is 0 Å². The molecule has 2 N–H and O–H groups in total. The van der Waals surface area contributed by atoms with Gasteiger partial charge in [-0.2, -0.15) is 0 Å². The summed E-state index contributed by atoms with van der Waals surface area (Å²) >= 11 is 0. The number of carbonyl (C=O) groups is 4. The van der Waals surface area contributed by atoms with Crippen LogP contribution in [-0.4, -0.2) is 46.7 Å². The van der Waals surface area contributed by atoms with Crippen LogP contribution in [0.25, 0.3) is 0 Å². The van der Waals surface area contributed by atoms with Crippen LogP contribution in [0.3, 0.4) is 0 Å². The van der Waals surface area contributed by atoms with Crippen molar-refractivity contribution in [2.45, 2.75) is 46.1 Å². The van der Waals surface area contributed by atoms with Gasteiger partial charge in [-0.1, -0.05) is 43.7 Å². The van der Waals surface area contributed by atoms with Crippen LogP contribution in [0, 0.1) is 13.8 Å². The standard InChI is InChI=1S/C23H27N3O5/c1-5-12-23(16-10-8-7-9-11-16)21(29)26(22(30)25-23)13-17(27)19-14(3)18(15(4)24-19)20(28)31-6-2/h7-11,24H,5-6,12-13H2,1-4H3,(H,25,30)/t23-/m1/s1. The Bertz CT molecular complexity index is 1030. The SMILES string of the molecule is CCC[C@]1(c2ccccc2)NC(=O)N(CC(=O)c2[nH]c(C)c(C(=O)OCC)c2C)C1=O. The zero-order chi connectivity index (χ0) is 22.8. The molecule has 31 heavy (non-hydrogen) atoms. The maximum Gasteiger partial charge on any atom is 0.340 e. The molecule has 1 aromatic heterocycles. The second-order valence-corrected chi connectivity index (χ2v) is 7.61. The molecule has 0 aliphatic carbocycles. The van der Waals surface area contributed by atoms with Crippen LogP contribution in [-0.2, 0) is 15.1 Å². The molecule has 0 spiro atoms. The third-order valence-electron chi connectivity index (χ3n) is 5.56. The van der Waals surface area contributed by atoms with E-state index in [1.807, 2.05) is 25.1 Å². The lowest BCUT2D eigenvalue weighted by molar-refractivity contribution is -0.131. The average molecular weight is 425 g/mol. The predicted octanol–water partition coefficient (Wildman–Crippen LogP) is 3.24. The number of aryl methyl sites for hydroxylation is 1. The number of carbonyl (C=O) groups excluding carboxylic acids is 4. The number of ketones is 1. The summed E-state index contributed by atoms with van der Waals surface area (Å²) in [7, 11) is 0. The lowest BCUT2D eigenvalue weighted by Crippen LogP contribution is -2.44. The van der Waals surface area contributed by atoms with Crippen molar-refractivity contribution < 1.29 is 23.9 Å². The fourth-order valence-electron chi connectivity index (χ4n) is 4.14. The number of benzene rings is 1. The number of aromatic amines is 1. The lowest BCUT2D eigenvalue weighted by Gasteiger charge is -2.26. The first-order valence-electron chi connectivity index (χ1n) is 10.4. The van der Waals surface area contributed by atoms with Crippen molar-refractivity contribution in [3.8, 4) is 0 Å². The largest absolute Gasteiger partial charge is 0.462 e. The maximum atomic E-state index is 13.4. The third-order valence-corrected chi connectivity index (χ3v) is 5.56. The van der Waals surface area contributed by atoms with Crippen molar-refractivity contribution in [3.63, 3.8) is 0 Å². The minimum absolute atomic E-state index is 0.189. The van der Waals surface area contributed by atoms with Gasteiger partial charge in [0.2, 0.25) is 0 Å². The summed E-state index contributed by atoms with van der Waals surface area (Å²) in [5.41, 5.74) is 0.920. The number of H-pyrrole nitrogens is 1. The Morgan fingerprint density at radius 3 is 2.39 bits per heavy atom. The number of ether oxygens (including phenoxy) is 1. The van der Waals surface area contributed by atoms with E-state index >= 15 is 0 Å². The van der Waals surface area contributed by atoms with Gasteiger partial charge in [0.1, 0.15) is 5.54 Å². The highest BCUT2D eigenvalue weighted by Crippen LogP contribution is 2.34. The zero-order valence-electron chi connectivity index (χ0n) is 18.2. The molecule has 1 fully saturated rings. The van der Waals surface area contributed by atoms with Gasteiger partial charge >= 0.3 is 12.0 Å². The second kappa shape index (κ2) is 8.75. The number of hydrogen-bond donors (Lipinski definition) is 2. The van der Waals surface area contributed by atoms with E-state index in [2.05, 4.69) is 10.3 Å². The van der Waals surface area contributed by atoms with Crippen LogP contribution in [0.1, 0.15) is 64.4 Å². The van der Waals surface area contributed by atoms with Crippen molar-refractivity contribution >= 4 is 23.7 Å². The number of hydrogen-bond acceptors (Lipinski definition) is 5. The first-order valence-corrected chi connectivity index (χ1v) is 10.4. The van der Waals surface area contributed by atoms with E-state index in [0.717, 1.165) is 4.90 Å². The van der Waals surface area contributed by atoms with E-state index in [1.54, 1.807) is 32.9 Å². The highest BCUT2D eigenvalue weighted by molar-refractivity contribution is 6.12. The molecule has 1 aliphatic heterocycles. The molecule has 8 heteroatoms. The summed E-state index contributed by atoms with van der Waals surface area (Å²) in [5.74, 6) is -1.43. The number of nitrogens with zero attached hydrogens (tertiary/aromatic N) is 1. The van der Waals surface area contributed by atoms with Crippen LogP contribution in [0.15, 0.2) is 30.3 Å². The van der Waals surface area contributed by atoms with E-state index in [4.69, 9.17) is 4.74 Å². The monoisotopic (exact) mass is 425 g/mol. The zero-order valence-corrected chi connectivity index (χ0v) is 18.2. The Hall–Kier alpha value is -3.42. The van der Waals surface area contributed by atoms with E-state index in [9.17, 15) is 19.2 Å². The molecule has 8 nitrogen and oxygen atoms in total. The summed E-state index contributed by atoms with van der Waals surface area (Å²) < 4.78 is 5.05. The van der Waals surface area contributed by atoms with E-state index < -0.39 is 35.8 Å². The quantitative estimate of drug-likeness (QED) is 0.383. The summed E-state index contributed by atoms with van der Waals surface area (Å²) in [5, 5.41) is 2.81. The molecule has 0 unspecified atom stereocenters. The fraction of sp³-hybridized carbons (Fsp3) is 0.391. The molecule has 164 valence electrons. The number of urea groups is 1. The Balaban J connectivity index is 1.89. The van der Waals surface area contributed by atoms with Gasteiger partial charge in [-0.15, -0.1) is 0 Å². The Morgan fingerprint density at radius 2 is 1.77 bits per heavy atom. The van der Waals surface area contributed by atoms with Gasteiger partial charge < -0.3 is 15.0 Å². The molecule has 3 rings (SSSR count). The van der Waals surface area contributed by atoms with Gasteiger partial charge in [-0.3, -0.25) is 14.5 Å². The summed E-state index contributed by atoms with van der Waals surface area (Å²) in [6, 6.07) is 8.43. The van der Waals surface area contributed by atoms with Crippen LogP contribution in [0.2, 0.25) is 0 Å². The molecule has 1 aliphatic rings. The number of rotatable bonds is 8. The molecule has 2 heterocycles. The van der Waals surface area contributed by atoms with Gasteiger partial charge in [-0.05, 0) is 38.3 Å². The molecule has 1 aromatic carbocycles. The first-order chi connectivity index (χ1) is 14.8. The number of esters is 1. The second-order valence-electron chi connectivity index (χ2n) is 7.61. The molecule has 0 bridgehead atoms. The van der Waals surface area contributed by atoms with Gasteiger partial charge in [0, 0.05) is 5.69 Å². The third kappa shape index (κ3) is 3.85. The molecule has 0 radical (unpaired) electrons. The molecule has 1 atom stereocenters.